The molecule has 7 nitrogen and oxygen atoms in total. The summed E-state index contributed by atoms with van der Waals surface area (Å²) in [6.45, 7) is 6.12. The highest BCUT2D eigenvalue weighted by atomic mass is 16.5. The molecule has 178 valence electrons. The highest BCUT2D eigenvalue weighted by Gasteiger charge is 2.26. The molecule has 1 saturated heterocycles. The lowest BCUT2D eigenvalue weighted by molar-refractivity contribution is -0.109. The van der Waals surface area contributed by atoms with Crippen molar-refractivity contribution >= 4 is 23.2 Å². The van der Waals surface area contributed by atoms with Crippen LogP contribution >= 0.6 is 0 Å². The van der Waals surface area contributed by atoms with E-state index in [-0.39, 0.29) is 17.9 Å². The summed E-state index contributed by atoms with van der Waals surface area (Å²) in [4.78, 5) is 40.8. The molecule has 5 rings (SSSR count). The first kappa shape index (κ1) is 22.8. The number of carbonyl (C=O) groups excluding carboxylic acids is 2. The smallest absolute Gasteiger partial charge is 0.254 e. The highest BCUT2D eigenvalue weighted by molar-refractivity contribution is 6.09. The maximum absolute atomic E-state index is 13.7. The van der Waals surface area contributed by atoms with Crippen LogP contribution in [0.3, 0.4) is 0 Å². The second-order valence-corrected chi connectivity index (χ2v) is 8.54. The normalized spacial score (nSPS) is 14.4. The van der Waals surface area contributed by atoms with Gasteiger partial charge >= 0.3 is 0 Å². The van der Waals surface area contributed by atoms with Crippen LogP contribution in [0.4, 0.5) is 0 Å². The number of carbonyl (C=O) groups is 2. The first-order chi connectivity index (χ1) is 17.1. The molecule has 1 amide bonds. The van der Waals surface area contributed by atoms with E-state index in [0.29, 0.717) is 42.0 Å². The second-order valence-electron chi connectivity index (χ2n) is 8.54. The Bertz CT molecular complexity index is 1420. The number of aldehydes is 1. The van der Waals surface area contributed by atoms with Gasteiger partial charge in [0.05, 0.1) is 0 Å². The van der Waals surface area contributed by atoms with Crippen molar-refractivity contribution in [3.63, 3.8) is 0 Å². The Morgan fingerprint density at radius 1 is 1.00 bits per heavy atom. The molecule has 2 aromatic rings. The molecule has 0 saturated carbocycles. The molecule has 0 unspecified atom stereocenters. The SMILES string of the molecule is CCN1CCN(C(=O)c2ccccc2-c2c3ccc(=O)cc-3oc3cc(OCC=O)ccc23)CC1. The fourth-order valence-corrected chi connectivity index (χ4v) is 4.69. The molecule has 2 aliphatic heterocycles. The average Bonchev–Trinajstić information content (AvgIpc) is 2.90. The quantitative estimate of drug-likeness (QED) is 0.314. The Balaban J connectivity index is 1.67. The number of likely N-dealkylation sites (N-methyl/N-ethyl adjacent to an activating group) is 1. The van der Waals surface area contributed by atoms with Crippen molar-refractivity contribution in [1.82, 2.24) is 9.80 Å². The molecule has 1 aliphatic carbocycles. The second kappa shape index (κ2) is 9.72. The van der Waals surface area contributed by atoms with Gasteiger partial charge in [0, 0.05) is 60.4 Å². The lowest BCUT2D eigenvalue weighted by atomic mass is 9.90. The van der Waals surface area contributed by atoms with Crippen LogP contribution in [-0.4, -0.2) is 61.3 Å². The monoisotopic (exact) mass is 470 g/mol. The Labute approximate surface area is 202 Å². The summed E-state index contributed by atoms with van der Waals surface area (Å²) in [5.74, 6) is 0.895. The average molecular weight is 471 g/mol. The van der Waals surface area contributed by atoms with Crippen LogP contribution in [0.2, 0.25) is 0 Å². The number of rotatable bonds is 6. The number of piperazine rings is 1. The van der Waals surface area contributed by atoms with Gasteiger partial charge in [-0.15, -0.1) is 0 Å². The van der Waals surface area contributed by atoms with E-state index in [4.69, 9.17) is 9.15 Å². The molecule has 0 atom stereocenters. The number of nitrogens with zero attached hydrogens (tertiary/aromatic N) is 2. The molecule has 0 aromatic heterocycles. The van der Waals surface area contributed by atoms with Crippen LogP contribution < -0.4 is 10.2 Å². The summed E-state index contributed by atoms with van der Waals surface area (Å²) in [5, 5.41) is 0.783. The van der Waals surface area contributed by atoms with Crippen LogP contribution in [0.25, 0.3) is 33.4 Å². The Hall–Kier alpha value is -3.97. The number of ether oxygens (including phenoxy) is 1. The van der Waals surface area contributed by atoms with Crippen molar-refractivity contribution in [2.24, 2.45) is 0 Å². The molecule has 7 heteroatoms. The van der Waals surface area contributed by atoms with Gasteiger partial charge in [0.15, 0.2) is 11.7 Å². The molecule has 0 spiro atoms. The van der Waals surface area contributed by atoms with Gasteiger partial charge in [-0.3, -0.25) is 14.4 Å². The zero-order chi connectivity index (χ0) is 24.4. The van der Waals surface area contributed by atoms with Crippen LogP contribution in [0.15, 0.2) is 69.9 Å². The number of hydrogen-bond donors (Lipinski definition) is 0. The number of hydrogen-bond acceptors (Lipinski definition) is 6. The summed E-state index contributed by atoms with van der Waals surface area (Å²) in [5.41, 5.74) is 3.28. The summed E-state index contributed by atoms with van der Waals surface area (Å²) < 4.78 is 11.5. The van der Waals surface area contributed by atoms with E-state index in [9.17, 15) is 14.4 Å². The summed E-state index contributed by atoms with van der Waals surface area (Å²) in [6, 6.07) is 17.6. The fraction of sp³-hybridized carbons (Fsp3) is 0.250. The first-order valence-corrected chi connectivity index (χ1v) is 11.8. The minimum absolute atomic E-state index is 0.00942. The summed E-state index contributed by atoms with van der Waals surface area (Å²) >= 11 is 0. The van der Waals surface area contributed by atoms with E-state index in [0.717, 1.165) is 41.7 Å². The lowest BCUT2D eigenvalue weighted by Crippen LogP contribution is -2.48. The predicted octanol–water partition coefficient (Wildman–Crippen LogP) is 3.92. The predicted molar refractivity (Wildman–Crippen MR) is 134 cm³/mol. The molecule has 2 heterocycles. The molecule has 0 N–H and O–H groups in total. The topological polar surface area (TPSA) is 80.1 Å². The molecule has 35 heavy (non-hydrogen) atoms. The van der Waals surface area contributed by atoms with Gasteiger partial charge in [-0.1, -0.05) is 25.1 Å². The highest BCUT2D eigenvalue weighted by Crippen LogP contribution is 2.42. The molecule has 1 fully saturated rings. The van der Waals surface area contributed by atoms with E-state index >= 15 is 0 Å². The first-order valence-electron chi connectivity index (χ1n) is 11.8. The van der Waals surface area contributed by atoms with Crippen LogP contribution in [0, 0.1) is 0 Å². The Morgan fingerprint density at radius 3 is 2.57 bits per heavy atom. The number of amides is 1. The van der Waals surface area contributed by atoms with Gasteiger partial charge in [-0.2, -0.15) is 0 Å². The molecular weight excluding hydrogens is 444 g/mol. The van der Waals surface area contributed by atoms with Crippen molar-refractivity contribution < 1.29 is 18.7 Å². The largest absolute Gasteiger partial charge is 0.486 e. The molecule has 0 radical (unpaired) electrons. The van der Waals surface area contributed by atoms with Crippen LogP contribution in [-0.2, 0) is 4.79 Å². The molecule has 2 aromatic carbocycles. The zero-order valence-electron chi connectivity index (χ0n) is 19.5. The Kier molecular flexibility index (Phi) is 6.33. The van der Waals surface area contributed by atoms with Crippen molar-refractivity contribution in [3.05, 3.63) is 76.5 Å². The van der Waals surface area contributed by atoms with Crippen molar-refractivity contribution in [1.29, 1.82) is 0 Å². The Morgan fingerprint density at radius 2 is 1.80 bits per heavy atom. The van der Waals surface area contributed by atoms with E-state index in [1.54, 1.807) is 18.2 Å². The maximum Gasteiger partial charge on any atom is 0.254 e. The minimum atomic E-state index is -0.168. The van der Waals surface area contributed by atoms with Gasteiger partial charge in [0.1, 0.15) is 23.7 Å². The van der Waals surface area contributed by atoms with Crippen molar-refractivity contribution in [2.75, 3.05) is 39.3 Å². The van der Waals surface area contributed by atoms with Gasteiger partial charge in [0.25, 0.3) is 5.91 Å². The van der Waals surface area contributed by atoms with E-state index in [1.807, 2.05) is 35.2 Å². The summed E-state index contributed by atoms with van der Waals surface area (Å²) in [7, 11) is 0. The van der Waals surface area contributed by atoms with E-state index in [2.05, 4.69) is 11.8 Å². The molecule has 3 aliphatic rings. The van der Waals surface area contributed by atoms with Gasteiger partial charge in [-0.25, -0.2) is 0 Å². The van der Waals surface area contributed by atoms with Crippen molar-refractivity contribution in [3.8, 4) is 28.2 Å². The maximum atomic E-state index is 13.7. The number of fused-ring (bicyclic) bond motifs is 2. The van der Waals surface area contributed by atoms with Crippen LogP contribution in [0.1, 0.15) is 17.3 Å². The fourth-order valence-electron chi connectivity index (χ4n) is 4.69. The standard InChI is InChI=1S/C28H26N2O5/c1-2-29-11-13-30(14-12-29)28(33)22-6-4-3-5-21(22)27-23-9-7-19(32)17-25(23)35-26-18-20(34-16-15-31)8-10-24(26)27/h3-10,15,17-18H,2,11-14,16H2,1H3. The van der Waals surface area contributed by atoms with Gasteiger partial charge in [-0.05, 0) is 42.4 Å². The zero-order valence-corrected chi connectivity index (χ0v) is 19.5. The van der Waals surface area contributed by atoms with Crippen molar-refractivity contribution in [2.45, 2.75) is 6.92 Å². The van der Waals surface area contributed by atoms with E-state index < -0.39 is 0 Å². The third-order valence-corrected chi connectivity index (χ3v) is 6.52. The van der Waals surface area contributed by atoms with Crippen LogP contribution in [0.5, 0.6) is 5.75 Å². The van der Waals surface area contributed by atoms with E-state index in [1.165, 1.54) is 12.1 Å². The lowest BCUT2D eigenvalue weighted by Gasteiger charge is -2.34. The number of benzene rings is 3. The minimum Gasteiger partial charge on any atom is -0.486 e. The van der Waals surface area contributed by atoms with Gasteiger partial charge in [0.2, 0.25) is 0 Å². The molecule has 0 bridgehead atoms. The molecular formula is C28H26N2O5. The van der Waals surface area contributed by atoms with Gasteiger partial charge < -0.3 is 19.0 Å². The third-order valence-electron chi connectivity index (χ3n) is 6.52. The third kappa shape index (κ3) is 4.42. The summed E-state index contributed by atoms with van der Waals surface area (Å²) in [6.07, 6.45) is 0.680.